The van der Waals surface area contributed by atoms with Gasteiger partial charge in [0.1, 0.15) is 0 Å². The van der Waals surface area contributed by atoms with Crippen LogP contribution in [0.5, 0.6) is 0 Å². The quantitative estimate of drug-likeness (QED) is 0.792. The van der Waals surface area contributed by atoms with Crippen LogP contribution in [-0.2, 0) is 17.8 Å². The molecule has 0 saturated carbocycles. The molecule has 2 N–H and O–H groups in total. The van der Waals surface area contributed by atoms with E-state index in [1.165, 1.54) is 5.56 Å². The van der Waals surface area contributed by atoms with Crippen molar-refractivity contribution in [3.05, 3.63) is 65.2 Å². The van der Waals surface area contributed by atoms with E-state index in [0.29, 0.717) is 12.1 Å². The fourth-order valence-electron chi connectivity index (χ4n) is 3.31. The van der Waals surface area contributed by atoms with Gasteiger partial charge in [-0.2, -0.15) is 0 Å². The number of anilines is 1. The normalized spacial score (nSPS) is 13.4. The van der Waals surface area contributed by atoms with Crippen molar-refractivity contribution in [1.82, 2.24) is 10.2 Å². The van der Waals surface area contributed by atoms with Gasteiger partial charge in [-0.25, -0.2) is 0 Å². The van der Waals surface area contributed by atoms with Gasteiger partial charge in [0, 0.05) is 30.9 Å². The van der Waals surface area contributed by atoms with Gasteiger partial charge in [0.15, 0.2) is 0 Å². The van der Waals surface area contributed by atoms with Gasteiger partial charge in [-0.3, -0.25) is 9.59 Å². The maximum Gasteiger partial charge on any atom is 0.253 e. The predicted molar refractivity (Wildman–Crippen MR) is 108 cm³/mol. The van der Waals surface area contributed by atoms with Crippen LogP contribution in [0.15, 0.2) is 48.5 Å². The Labute approximate surface area is 160 Å². The van der Waals surface area contributed by atoms with Crippen molar-refractivity contribution < 1.29 is 9.59 Å². The summed E-state index contributed by atoms with van der Waals surface area (Å²) >= 11 is 0. The summed E-state index contributed by atoms with van der Waals surface area (Å²) in [6, 6.07) is 15.5. The maximum absolute atomic E-state index is 12.3. The van der Waals surface area contributed by atoms with Gasteiger partial charge in [0.2, 0.25) is 5.91 Å². The largest absolute Gasteiger partial charge is 0.376 e. The topological polar surface area (TPSA) is 61.4 Å². The number of rotatable bonds is 7. The zero-order valence-corrected chi connectivity index (χ0v) is 15.8. The number of carbonyl (C=O) groups is 2. The Morgan fingerprint density at radius 2 is 1.70 bits per heavy atom. The molecule has 0 aliphatic carbocycles. The van der Waals surface area contributed by atoms with Gasteiger partial charge in [0.05, 0.1) is 6.54 Å². The number of nitrogens with zero attached hydrogens (tertiary/aromatic N) is 1. The predicted octanol–water partition coefficient (Wildman–Crippen LogP) is 3.21. The summed E-state index contributed by atoms with van der Waals surface area (Å²) in [7, 11) is 0. The molecule has 0 bridgehead atoms. The first-order valence-electron chi connectivity index (χ1n) is 9.64. The van der Waals surface area contributed by atoms with Crippen molar-refractivity contribution in [2.45, 2.75) is 32.7 Å². The number of amides is 2. The Kier molecular flexibility index (Phi) is 6.47. The molecule has 1 fully saturated rings. The minimum atomic E-state index is -0.0573. The van der Waals surface area contributed by atoms with Crippen LogP contribution >= 0.6 is 0 Å². The van der Waals surface area contributed by atoms with E-state index in [9.17, 15) is 9.59 Å². The van der Waals surface area contributed by atoms with E-state index < -0.39 is 0 Å². The molecule has 5 heteroatoms. The first kappa shape index (κ1) is 19.0. The van der Waals surface area contributed by atoms with Gasteiger partial charge in [0.25, 0.3) is 5.91 Å². The number of nitrogens with one attached hydrogen (secondary N) is 2. The molecule has 2 amide bonds. The fourth-order valence-corrected chi connectivity index (χ4v) is 3.31. The summed E-state index contributed by atoms with van der Waals surface area (Å²) in [6.07, 6.45) is 3.10. The molecule has 5 nitrogen and oxygen atoms in total. The Morgan fingerprint density at radius 1 is 1.00 bits per heavy atom. The summed E-state index contributed by atoms with van der Waals surface area (Å²) in [5.74, 6) is 0.0417. The van der Waals surface area contributed by atoms with E-state index in [1.54, 1.807) is 0 Å². The highest BCUT2D eigenvalue weighted by atomic mass is 16.2. The van der Waals surface area contributed by atoms with Crippen LogP contribution in [0, 0.1) is 0 Å². The fraction of sp³-hybridized carbons (Fsp3) is 0.364. The molecule has 0 aromatic heterocycles. The third kappa shape index (κ3) is 5.09. The van der Waals surface area contributed by atoms with Crippen LogP contribution < -0.4 is 10.6 Å². The Morgan fingerprint density at radius 3 is 2.41 bits per heavy atom. The number of likely N-dealkylation sites (tertiary alicyclic amines) is 1. The molecule has 0 spiro atoms. The smallest absolute Gasteiger partial charge is 0.253 e. The molecule has 2 aromatic rings. The van der Waals surface area contributed by atoms with Gasteiger partial charge < -0.3 is 15.5 Å². The molecule has 0 radical (unpaired) electrons. The number of carbonyl (C=O) groups excluding carboxylic acids is 2. The Bertz CT molecular complexity index is 780. The van der Waals surface area contributed by atoms with E-state index in [1.807, 2.05) is 47.4 Å². The zero-order chi connectivity index (χ0) is 19.1. The molecule has 1 heterocycles. The van der Waals surface area contributed by atoms with Crippen LogP contribution in [0.25, 0.3) is 0 Å². The van der Waals surface area contributed by atoms with Gasteiger partial charge in [-0.1, -0.05) is 37.3 Å². The molecule has 2 aromatic carbocycles. The second-order valence-corrected chi connectivity index (χ2v) is 6.84. The molecule has 3 rings (SSSR count). The van der Waals surface area contributed by atoms with Crippen molar-refractivity contribution in [2.75, 3.05) is 25.0 Å². The third-order valence-electron chi connectivity index (χ3n) is 4.92. The summed E-state index contributed by atoms with van der Waals surface area (Å²) in [6.45, 7) is 4.49. The van der Waals surface area contributed by atoms with E-state index >= 15 is 0 Å². The molecular weight excluding hydrogens is 338 g/mol. The molecule has 1 saturated heterocycles. The molecule has 0 atom stereocenters. The average molecular weight is 365 g/mol. The van der Waals surface area contributed by atoms with E-state index in [0.717, 1.165) is 43.6 Å². The summed E-state index contributed by atoms with van der Waals surface area (Å²) in [5, 5.41) is 6.11. The number of hydrogen-bond donors (Lipinski definition) is 2. The van der Waals surface area contributed by atoms with Gasteiger partial charge in [-0.15, -0.1) is 0 Å². The summed E-state index contributed by atoms with van der Waals surface area (Å²) < 4.78 is 0. The highest BCUT2D eigenvalue weighted by Gasteiger charge is 2.19. The number of aryl methyl sites for hydroxylation is 1. The van der Waals surface area contributed by atoms with Gasteiger partial charge >= 0.3 is 0 Å². The van der Waals surface area contributed by atoms with E-state index in [2.05, 4.69) is 23.6 Å². The van der Waals surface area contributed by atoms with Crippen molar-refractivity contribution in [1.29, 1.82) is 0 Å². The first-order chi connectivity index (χ1) is 13.2. The van der Waals surface area contributed by atoms with Crippen molar-refractivity contribution >= 4 is 17.5 Å². The molecule has 27 heavy (non-hydrogen) atoms. The number of benzene rings is 2. The lowest BCUT2D eigenvalue weighted by Gasteiger charge is -2.15. The monoisotopic (exact) mass is 365 g/mol. The Balaban J connectivity index is 1.46. The van der Waals surface area contributed by atoms with E-state index in [-0.39, 0.29) is 18.4 Å². The second kappa shape index (κ2) is 9.21. The van der Waals surface area contributed by atoms with Crippen molar-refractivity contribution in [2.24, 2.45) is 0 Å². The average Bonchev–Trinajstić information content (AvgIpc) is 3.25. The molecule has 0 unspecified atom stereocenters. The lowest BCUT2D eigenvalue weighted by atomic mass is 10.1. The molecule has 142 valence electrons. The molecule has 1 aliphatic heterocycles. The molecular formula is C22H27N3O2. The third-order valence-corrected chi connectivity index (χ3v) is 4.92. The van der Waals surface area contributed by atoms with Crippen LogP contribution in [0.1, 0.15) is 41.3 Å². The standard InChI is InChI=1S/C22H27N3O2/c1-2-18-7-3-4-8-20(18)23-16-21(26)24-15-17-9-11-19(12-10-17)22(27)25-13-5-6-14-25/h3-4,7-12,23H,2,5-6,13-16H2,1H3,(H,24,26). The second-order valence-electron chi connectivity index (χ2n) is 6.84. The highest BCUT2D eigenvalue weighted by Crippen LogP contribution is 2.15. The van der Waals surface area contributed by atoms with Gasteiger partial charge in [-0.05, 0) is 48.6 Å². The lowest BCUT2D eigenvalue weighted by Crippen LogP contribution is -2.29. The SMILES string of the molecule is CCc1ccccc1NCC(=O)NCc1ccc(C(=O)N2CCCC2)cc1. The Hall–Kier alpha value is -2.82. The molecule has 1 aliphatic rings. The summed E-state index contributed by atoms with van der Waals surface area (Å²) in [5.41, 5.74) is 3.89. The number of hydrogen-bond acceptors (Lipinski definition) is 3. The highest BCUT2D eigenvalue weighted by molar-refractivity contribution is 5.94. The van der Waals surface area contributed by atoms with Crippen LogP contribution in [0.3, 0.4) is 0 Å². The van der Waals surface area contributed by atoms with Crippen LogP contribution in [0.4, 0.5) is 5.69 Å². The minimum Gasteiger partial charge on any atom is -0.376 e. The minimum absolute atomic E-state index is 0.0573. The number of para-hydroxylation sites is 1. The van der Waals surface area contributed by atoms with Crippen LogP contribution in [-0.4, -0.2) is 36.3 Å². The van der Waals surface area contributed by atoms with Crippen LogP contribution in [0.2, 0.25) is 0 Å². The zero-order valence-electron chi connectivity index (χ0n) is 15.8. The maximum atomic E-state index is 12.3. The van der Waals surface area contributed by atoms with E-state index in [4.69, 9.17) is 0 Å². The first-order valence-corrected chi connectivity index (χ1v) is 9.64. The summed E-state index contributed by atoms with van der Waals surface area (Å²) in [4.78, 5) is 26.3. The lowest BCUT2D eigenvalue weighted by molar-refractivity contribution is -0.119. The van der Waals surface area contributed by atoms with Crippen molar-refractivity contribution in [3.8, 4) is 0 Å². The van der Waals surface area contributed by atoms with Crippen molar-refractivity contribution in [3.63, 3.8) is 0 Å².